The lowest BCUT2D eigenvalue weighted by atomic mass is 9.87. The van der Waals surface area contributed by atoms with Crippen LogP contribution >= 0.6 is 0 Å². The van der Waals surface area contributed by atoms with E-state index in [4.69, 9.17) is 9.84 Å². The first-order valence-corrected chi connectivity index (χ1v) is 9.58. The highest BCUT2D eigenvalue weighted by Crippen LogP contribution is 2.34. The molecule has 1 amide bonds. The summed E-state index contributed by atoms with van der Waals surface area (Å²) in [6.45, 7) is 0.268. The number of methoxy groups -OCH3 is 1. The normalized spacial score (nSPS) is 19.5. The lowest BCUT2D eigenvalue weighted by molar-refractivity contribution is 0.102. The molecule has 1 aliphatic carbocycles. The fraction of sp³-hybridized carbons (Fsp3) is 0.381. The van der Waals surface area contributed by atoms with Gasteiger partial charge in [0, 0.05) is 30.5 Å². The number of aliphatic hydroxyl groups excluding tert-OH is 1. The SMILES string of the molecule is COc1cc2nn([C@H]3CC[C@H](CO)CC3)cc2cc1NC(=O)c1ccccn1. The summed E-state index contributed by atoms with van der Waals surface area (Å²) in [5.74, 6) is 0.689. The van der Waals surface area contributed by atoms with Crippen molar-refractivity contribution in [3.63, 3.8) is 0 Å². The summed E-state index contributed by atoms with van der Waals surface area (Å²) in [5.41, 5.74) is 1.77. The van der Waals surface area contributed by atoms with Crippen molar-refractivity contribution < 1.29 is 14.6 Å². The zero-order valence-electron chi connectivity index (χ0n) is 15.8. The maximum atomic E-state index is 12.5. The molecule has 1 saturated carbocycles. The molecule has 0 spiro atoms. The third kappa shape index (κ3) is 3.71. The van der Waals surface area contributed by atoms with Crippen molar-refractivity contribution in [2.24, 2.45) is 5.92 Å². The fourth-order valence-corrected chi connectivity index (χ4v) is 3.80. The molecular formula is C21H24N4O3. The van der Waals surface area contributed by atoms with Crippen LogP contribution in [0.15, 0.2) is 42.7 Å². The van der Waals surface area contributed by atoms with Gasteiger partial charge in [0.05, 0.1) is 24.4 Å². The van der Waals surface area contributed by atoms with Gasteiger partial charge in [-0.15, -0.1) is 0 Å². The first kappa shape index (κ1) is 18.4. The molecule has 0 unspecified atom stereocenters. The third-order valence-electron chi connectivity index (χ3n) is 5.44. The van der Waals surface area contributed by atoms with E-state index in [-0.39, 0.29) is 12.5 Å². The number of rotatable bonds is 5. The number of aromatic nitrogens is 3. The van der Waals surface area contributed by atoms with E-state index < -0.39 is 0 Å². The van der Waals surface area contributed by atoms with Gasteiger partial charge >= 0.3 is 0 Å². The minimum atomic E-state index is -0.284. The number of benzene rings is 1. The summed E-state index contributed by atoms with van der Waals surface area (Å²) in [7, 11) is 1.57. The third-order valence-corrected chi connectivity index (χ3v) is 5.44. The van der Waals surface area contributed by atoms with E-state index in [0.29, 0.717) is 29.1 Å². The number of hydrogen-bond acceptors (Lipinski definition) is 5. The summed E-state index contributed by atoms with van der Waals surface area (Å²) in [6, 6.07) is 9.29. The van der Waals surface area contributed by atoms with Gasteiger partial charge in [-0.25, -0.2) is 0 Å². The largest absolute Gasteiger partial charge is 0.494 e. The molecule has 4 rings (SSSR count). The zero-order valence-corrected chi connectivity index (χ0v) is 15.8. The van der Waals surface area contributed by atoms with Crippen molar-refractivity contribution in [1.82, 2.24) is 14.8 Å². The smallest absolute Gasteiger partial charge is 0.274 e. The summed E-state index contributed by atoms with van der Waals surface area (Å²) in [5, 5.41) is 17.9. The van der Waals surface area contributed by atoms with Gasteiger partial charge in [0.2, 0.25) is 0 Å². The second-order valence-corrected chi connectivity index (χ2v) is 7.25. The Bertz CT molecular complexity index is 962. The van der Waals surface area contributed by atoms with Gasteiger partial charge in [0.1, 0.15) is 11.4 Å². The molecule has 0 saturated heterocycles. The molecule has 3 aromatic rings. The monoisotopic (exact) mass is 380 g/mol. The van der Waals surface area contributed by atoms with Gasteiger partial charge in [-0.2, -0.15) is 5.10 Å². The van der Waals surface area contributed by atoms with Crippen LogP contribution in [0.1, 0.15) is 42.2 Å². The number of pyridine rings is 1. The van der Waals surface area contributed by atoms with Gasteiger partial charge < -0.3 is 15.2 Å². The summed E-state index contributed by atoms with van der Waals surface area (Å²) in [4.78, 5) is 16.5. The van der Waals surface area contributed by atoms with E-state index in [1.54, 1.807) is 31.5 Å². The van der Waals surface area contributed by atoms with Crippen molar-refractivity contribution in [3.8, 4) is 5.75 Å². The molecule has 1 aliphatic rings. The molecule has 1 fully saturated rings. The van der Waals surface area contributed by atoms with Crippen LogP contribution in [0.5, 0.6) is 5.75 Å². The number of nitrogens with zero attached hydrogens (tertiary/aromatic N) is 3. The van der Waals surface area contributed by atoms with E-state index in [0.717, 1.165) is 36.6 Å². The first-order valence-electron chi connectivity index (χ1n) is 9.58. The second kappa shape index (κ2) is 7.98. The highest BCUT2D eigenvalue weighted by Gasteiger charge is 2.23. The van der Waals surface area contributed by atoms with Crippen molar-refractivity contribution >= 4 is 22.5 Å². The molecule has 2 aromatic heterocycles. The van der Waals surface area contributed by atoms with Gasteiger partial charge in [-0.3, -0.25) is 14.5 Å². The molecule has 0 atom stereocenters. The highest BCUT2D eigenvalue weighted by molar-refractivity contribution is 6.04. The van der Waals surface area contributed by atoms with Crippen LogP contribution in [-0.2, 0) is 0 Å². The Morgan fingerprint density at radius 3 is 2.79 bits per heavy atom. The lowest BCUT2D eigenvalue weighted by Gasteiger charge is -2.27. The molecule has 0 bridgehead atoms. The Labute approximate surface area is 163 Å². The van der Waals surface area contributed by atoms with Gasteiger partial charge in [-0.1, -0.05) is 6.07 Å². The summed E-state index contributed by atoms with van der Waals surface area (Å²) >= 11 is 0. The van der Waals surface area contributed by atoms with Crippen molar-refractivity contribution in [2.75, 3.05) is 19.0 Å². The van der Waals surface area contributed by atoms with Gasteiger partial charge in [0.25, 0.3) is 5.91 Å². The average molecular weight is 380 g/mol. The van der Waals surface area contributed by atoms with E-state index in [2.05, 4.69) is 10.3 Å². The molecule has 28 heavy (non-hydrogen) atoms. The van der Waals surface area contributed by atoms with Crippen LogP contribution in [0.25, 0.3) is 10.9 Å². The number of aliphatic hydroxyl groups is 1. The Kier molecular flexibility index (Phi) is 5.25. The average Bonchev–Trinajstić information content (AvgIpc) is 3.16. The van der Waals surface area contributed by atoms with E-state index in [9.17, 15) is 9.90 Å². The minimum Gasteiger partial charge on any atom is -0.494 e. The quantitative estimate of drug-likeness (QED) is 0.708. The molecule has 2 N–H and O–H groups in total. The van der Waals surface area contributed by atoms with Crippen LogP contribution in [0.2, 0.25) is 0 Å². The molecule has 146 valence electrons. The number of carbonyl (C=O) groups excluding carboxylic acids is 1. The Hall–Kier alpha value is -2.93. The molecule has 0 radical (unpaired) electrons. The molecular weight excluding hydrogens is 356 g/mol. The number of carbonyl (C=O) groups is 1. The number of nitrogens with one attached hydrogen (secondary N) is 1. The number of amides is 1. The first-order chi connectivity index (χ1) is 13.7. The molecule has 1 aromatic carbocycles. The Balaban J connectivity index is 1.59. The highest BCUT2D eigenvalue weighted by atomic mass is 16.5. The van der Waals surface area contributed by atoms with Crippen LogP contribution in [-0.4, -0.2) is 39.5 Å². The number of hydrogen-bond donors (Lipinski definition) is 2. The van der Waals surface area contributed by atoms with E-state index >= 15 is 0 Å². The predicted octanol–water partition coefficient (Wildman–Crippen LogP) is 3.42. The molecule has 7 heteroatoms. The molecule has 7 nitrogen and oxygen atoms in total. The number of ether oxygens (including phenoxy) is 1. The Morgan fingerprint density at radius 1 is 1.29 bits per heavy atom. The second-order valence-electron chi connectivity index (χ2n) is 7.25. The van der Waals surface area contributed by atoms with E-state index in [1.807, 2.05) is 23.0 Å². The van der Waals surface area contributed by atoms with Crippen LogP contribution in [0.4, 0.5) is 5.69 Å². The van der Waals surface area contributed by atoms with Crippen LogP contribution in [0.3, 0.4) is 0 Å². The topological polar surface area (TPSA) is 89.3 Å². The van der Waals surface area contributed by atoms with Crippen LogP contribution in [0, 0.1) is 5.92 Å². The maximum absolute atomic E-state index is 12.5. The van der Waals surface area contributed by atoms with Crippen molar-refractivity contribution in [1.29, 1.82) is 0 Å². The molecule has 0 aliphatic heterocycles. The van der Waals surface area contributed by atoms with Crippen molar-refractivity contribution in [2.45, 2.75) is 31.7 Å². The summed E-state index contributed by atoms with van der Waals surface area (Å²) in [6.07, 6.45) is 7.68. The van der Waals surface area contributed by atoms with Crippen LogP contribution < -0.4 is 10.1 Å². The van der Waals surface area contributed by atoms with Crippen molar-refractivity contribution in [3.05, 3.63) is 48.4 Å². The van der Waals surface area contributed by atoms with Gasteiger partial charge in [0.15, 0.2) is 0 Å². The zero-order chi connectivity index (χ0) is 19.5. The lowest BCUT2D eigenvalue weighted by Crippen LogP contribution is -2.20. The predicted molar refractivity (Wildman–Crippen MR) is 107 cm³/mol. The Morgan fingerprint density at radius 2 is 2.11 bits per heavy atom. The summed E-state index contributed by atoms with van der Waals surface area (Å²) < 4.78 is 7.48. The minimum absolute atomic E-state index is 0.268. The fourth-order valence-electron chi connectivity index (χ4n) is 3.80. The number of fused-ring (bicyclic) bond motifs is 1. The van der Waals surface area contributed by atoms with Gasteiger partial charge in [-0.05, 0) is 49.8 Å². The maximum Gasteiger partial charge on any atom is 0.274 e. The molecule has 2 heterocycles. The number of anilines is 1. The standard InChI is InChI=1S/C21H24N4O3/c1-28-20-11-18-15(10-19(20)23-21(27)17-4-2-3-9-22-17)12-25(24-18)16-7-5-14(13-26)6-8-16/h2-4,9-12,14,16,26H,5-8,13H2,1H3,(H,23,27)/t14-,16-. The van der Waals surface area contributed by atoms with E-state index in [1.165, 1.54) is 0 Å².